The van der Waals surface area contributed by atoms with E-state index in [2.05, 4.69) is 50.7 Å². The molecule has 2 fully saturated rings. The van der Waals surface area contributed by atoms with E-state index in [9.17, 15) is 4.79 Å². The second-order valence-electron chi connectivity index (χ2n) is 10.9. The highest BCUT2D eigenvalue weighted by Gasteiger charge is 2.28. The van der Waals surface area contributed by atoms with Crippen molar-refractivity contribution in [1.82, 2.24) is 29.7 Å². The fourth-order valence-corrected chi connectivity index (χ4v) is 6.09. The number of imidazole rings is 1. The van der Waals surface area contributed by atoms with Gasteiger partial charge < -0.3 is 19.8 Å². The molecule has 0 aromatic carbocycles. The van der Waals surface area contributed by atoms with E-state index < -0.39 is 0 Å². The van der Waals surface area contributed by atoms with Gasteiger partial charge in [0, 0.05) is 49.7 Å². The van der Waals surface area contributed by atoms with Crippen molar-refractivity contribution < 1.29 is 4.79 Å². The number of piperidine rings is 1. The summed E-state index contributed by atoms with van der Waals surface area (Å²) in [6.07, 6.45) is 10.8. The fraction of sp³-hybridized carbons (Fsp3) is 0.630. The number of H-pyrrole nitrogens is 1. The number of nitriles is 1. The van der Waals surface area contributed by atoms with Gasteiger partial charge in [-0.05, 0) is 56.4 Å². The van der Waals surface area contributed by atoms with Crippen LogP contribution >= 0.6 is 0 Å². The van der Waals surface area contributed by atoms with Crippen LogP contribution in [0.2, 0.25) is 0 Å². The summed E-state index contributed by atoms with van der Waals surface area (Å²) in [6, 6.07) is 4.92. The highest BCUT2D eigenvalue weighted by Crippen LogP contribution is 2.38. The summed E-state index contributed by atoms with van der Waals surface area (Å²) in [7, 11) is 0. The molecule has 5 rings (SSSR count). The molecule has 8 heteroatoms. The lowest BCUT2D eigenvalue weighted by atomic mass is 9.84. The zero-order valence-electron chi connectivity index (χ0n) is 21.0. The zero-order chi connectivity index (χ0) is 24.4. The summed E-state index contributed by atoms with van der Waals surface area (Å²) in [4.78, 5) is 28.3. The van der Waals surface area contributed by atoms with Crippen molar-refractivity contribution in [2.45, 2.75) is 77.3 Å². The lowest BCUT2D eigenvalue weighted by molar-refractivity contribution is -0.121. The first kappa shape index (κ1) is 23.8. The molecule has 2 aliphatic rings. The van der Waals surface area contributed by atoms with Crippen molar-refractivity contribution in [3.05, 3.63) is 24.3 Å². The molecule has 1 aliphatic heterocycles. The van der Waals surface area contributed by atoms with Crippen LogP contribution in [0.25, 0.3) is 22.1 Å². The van der Waals surface area contributed by atoms with E-state index in [1.54, 1.807) is 0 Å². The molecule has 1 aliphatic carbocycles. The Bertz CT molecular complexity index is 1200. The summed E-state index contributed by atoms with van der Waals surface area (Å²) in [5, 5.41) is 13.5. The third-order valence-corrected chi connectivity index (χ3v) is 7.76. The van der Waals surface area contributed by atoms with Crippen LogP contribution in [-0.2, 0) is 11.2 Å². The molecular formula is C27H37N7O. The number of rotatable bonds is 7. The monoisotopic (exact) mass is 475 g/mol. The number of nitrogens with one attached hydrogen (secondary N) is 2. The van der Waals surface area contributed by atoms with Gasteiger partial charge in [-0.25, -0.2) is 9.97 Å². The summed E-state index contributed by atoms with van der Waals surface area (Å²) >= 11 is 0. The van der Waals surface area contributed by atoms with Crippen molar-refractivity contribution in [3.8, 4) is 6.07 Å². The van der Waals surface area contributed by atoms with E-state index in [0.717, 1.165) is 86.1 Å². The van der Waals surface area contributed by atoms with Gasteiger partial charge in [0.15, 0.2) is 0 Å². The van der Waals surface area contributed by atoms with Gasteiger partial charge in [-0.1, -0.05) is 13.8 Å². The van der Waals surface area contributed by atoms with E-state index >= 15 is 0 Å². The van der Waals surface area contributed by atoms with E-state index in [-0.39, 0.29) is 24.4 Å². The normalized spacial score (nSPS) is 22.1. The molecule has 35 heavy (non-hydrogen) atoms. The largest absolute Gasteiger partial charge is 0.353 e. The number of carbonyl (C=O) groups excluding carboxylic acids is 1. The maximum atomic E-state index is 13.2. The first-order chi connectivity index (χ1) is 17.0. The Kier molecular flexibility index (Phi) is 7.05. The van der Waals surface area contributed by atoms with Crippen LogP contribution in [0.1, 0.15) is 70.7 Å². The highest BCUT2D eigenvalue weighted by molar-refractivity contribution is 6.01. The Balaban J connectivity index is 1.34. The summed E-state index contributed by atoms with van der Waals surface area (Å²) < 4.78 is 2.32. The number of likely N-dealkylation sites (tertiary alicyclic amines) is 1. The maximum Gasteiger partial charge on any atom is 0.227 e. The zero-order valence-corrected chi connectivity index (χ0v) is 21.0. The minimum atomic E-state index is 0.0558. The van der Waals surface area contributed by atoms with Crippen molar-refractivity contribution in [2.24, 2.45) is 11.8 Å². The van der Waals surface area contributed by atoms with Gasteiger partial charge in [-0.2, -0.15) is 5.26 Å². The van der Waals surface area contributed by atoms with Crippen molar-refractivity contribution in [2.75, 3.05) is 19.6 Å². The predicted octanol–water partition coefficient (Wildman–Crippen LogP) is 4.34. The van der Waals surface area contributed by atoms with Gasteiger partial charge in [-0.3, -0.25) is 4.79 Å². The van der Waals surface area contributed by atoms with Gasteiger partial charge >= 0.3 is 0 Å². The molecule has 0 spiro atoms. The molecule has 1 saturated carbocycles. The van der Waals surface area contributed by atoms with Crippen LogP contribution in [0.3, 0.4) is 0 Å². The van der Waals surface area contributed by atoms with Crippen LogP contribution in [0, 0.1) is 23.2 Å². The lowest BCUT2D eigenvalue weighted by Crippen LogP contribution is -2.46. The van der Waals surface area contributed by atoms with Gasteiger partial charge in [0.2, 0.25) is 5.91 Å². The number of nitrogens with zero attached hydrogens (tertiary/aromatic N) is 5. The third kappa shape index (κ3) is 5.20. The lowest BCUT2D eigenvalue weighted by Gasteiger charge is -2.33. The number of hydrogen-bond donors (Lipinski definition) is 2. The molecule has 2 N–H and O–H groups in total. The quantitative estimate of drug-likeness (QED) is 0.529. The highest BCUT2D eigenvalue weighted by atomic mass is 16.1. The molecule has 186 valence electrons. The Morgan fingerprint density at radius 2 is 2.00 bits per heavy atom. The Labute approximate surface area is 207 Å². The minimum Gasteiger partial charge on any atom is -0.353 e. The topological polar surface area (TPSA) is 103 Å². The van der Waals surface area contributed by atoms with Gasteiger partial charge in [0.1, 0.15) is 17.0 Å². The molecule has 4 heterocycles. The second-order valence-corrected chi connectivity index (χ2v) is 10.9. The van der Waals surface area contributed by atoms with Crippen molar-refractivity contribution in [1.29, 1.82) is 5.26 Å². The number of amides is 1. The van der Waals surface area contributed by atoms with E-state index in [0.29, 0.717) is 18.3 Å². The molecule has 1 amide bonds. The first-order valence-corrected chi connectivity index (χ1v) is 13.2. The van der Waals surface area contributed by atoms with Crippen LogP contribution in [0.4, 0.5) is 0 Å². The molecule has 3 aromatic rings. The number of fused-ring (bicyclic) bond motifs is 3. The molecular weight excluding hydrogens is 438 g/mol. The SMILES string of the molecule is CC(C)CN1CCC(NC(=O)Cc2nc3cnc4[nH]ccc4c3n2C2CCC(CC#N)CC2)CC1. The van der Waals surface area contributed by atoms with E-state index in [1.807, 2.05) is 12.4 Å². The number of pyridine rings is 1. The molecule has 0 bridgehead atoms. The van der Waals surface area contributed by atoms with Gasteiger partial charge in [-0.15, -0.1) is 0 Å². The third-order valence-electron chi connectivity index (χ3n) is 7.76. The van der Waals surface area contributed by atoms with Crippen molar-refractivity contribution in [3.63, 3.8) is 0 Å². The van der Waals surface area contributed by atoms with Crippen LogP contribution in [-0.4, -0.2) is 56.0 Å². The number of aromatic amines is 1. The molecule has 0 atom stereocenters. The molecule has 0 radical (unpaired) electrons. The first-order valence-electron chi connectivity index (χ1n) is 13.2. The van der Waals surface area contributed by atoms with E-state index in [1.165, 1.54) is 0 Å². The van der Waals surface area contributed by atoms with Crippen LogP contribution in [0.15, 0.2) is 18.5 Å². The molecule has 1 saturated heterocycles. The fourth-order valence-electron chi connectivity index (χ4n) is 6.09. The predicted molar refractivity (Wildman–Crippen MR) is 137 cm³/mol. The standard InChI is InChI=1S/C27H37N7O/c1-18(2)17-33-13-9-20(10-14-33)31-25(35)15-24-32-23-16-30-27-22(8-12-29-27)26(23)34(24)21-5-3-19(4-6-21)7-11-28/h8,12,16,18-21H,3-7,9-10,13-15,17H2,1-2H3,(H,29,30)(H,31,35). The average molecular weight is 476 g/mol. The smallest absolute Gasteiger partial charge is 0.227 e. The molecule has 0 unspecified atom stereocenters. The maximum absolute atomic E-state index is 13.2. The van der Waals surface area contributed by atoms with Crippen LogP contribution in [0.5, 0.6) is 0 Å². The number of hydrogen-bond acceptors (Lipinski definition) is 5. The molecule has 8 nitrogen and oxygen atoms in total. The average Bonchev–Trinajstić information content (AvgIpc) is 3.45. The van der Waals surface area contributed by atoms with Gasteiger partial charge in [0.05, 0.1) is 24.2 Å². The molecule has 3 aromatic heterocycles. The van der Waals surface area contributed by atoms with Crippen LogP contribution < -0.4 is 5.32 Å². The Morgan fingerprint density at radius 3 is 2.71 bits per heavy atom. The number of carbonyl (C=O) groups is 1. The van der Waals surface area contributed by atoms with Gasteiger partial charge in [0.25, 0.3) is 0 Å². The second kappa shape index (κ2) is 10.4. The van der Waals surface area contributed by atoms with Crippen molar-refractivity contribution >= 4 is 28.0 Å². The summed E-state index contributed by atoms with van der Waals surface area (Å²) in [6.45, 7) is 7.73. The Morgan fingerprint density at radius 1 is 1.23 bits per heavy atom. The minimum absolute atomic E-state index is 0.0558. The number of aromatic nitrogens is 4. The van der Waals surface area contributed by atoms with E-state index in [4.69, 9.17) is 10.2 Å². The summed E-state index contributed by atoms with van der Waals surface area (Å²) in [5.74, 6) is 2.03. The summed E-state index contributed by atoms with van der Waals surface area (Å²) in [5.41, 5.74) is 2.77. The Hall–Kier alpha value is -2.92.